The summed E-state index contributed by atoms with van der Waals surface area (Å²) in [7, 11) is 0. The first-order valence-corrected chi connectivity index (χ1v) is 18.9. The molecule has 6 nitrogen and oxygen atoms in total. The van der Waals surface area contributed by atoms with Gasteiger partial charge in [-0.05, 0) is 130 Å². The summed E-state index contributed by atoms with van der Waals surface area (Å²) in [6, 6.07) is 0. The number of ether oxygens (including phenoxy) is 1. The normalized spacial score (nSPS) is 42.5. The van der Waals surface area contributed by atoms with Crippen LogP contribution in [0.4, 0.5) is 0 Å². The molecule has 0 radical (unpaired) electrons. The van der Waals surface area contributed by atoms with Gasteiger partial charge in [0.15, 0.2) is 0 Å². The molecule has 2 N–H and O–H groups in total. The molecule has 5 aliphatic carbocycles. The molecule has 5 fully saturated rings. The van der Waals surface area contributed by atoms with Crippen molar-refractivity contribution in [1.29, 1.82) is 0 Å². The molecule has 6 heteroatoms. The van der Waals surface area contributed by atoms with Gasteiger partial charge in [0.05, 0.1) is 5.41 Å². The van der Waals surface area contributed by atoms with Gasteiger partial charge in [0, 0.05) is 25.3 Å². The second-order valence-electron chi connectivity index (χ2n) is 18.0. The zero-order chi connectivity index (χ0) is 33.7. The quantitative estimate of drug-likeness (QED) is 0.134. The predicted octanol–water partition coefficient (Wildman–Crippen LogP) is 9.12. The molecule has 0 bridgehead atoms. The van der Waals surface area contributed by atoms with Crippen LogP contribution >= 0.6 is 0 Å². The fourth-order valence-electron chi connectivity index (χ4n) is 13.2. The number of hydrogen-bond donors (Lipinski definition) is 2. The van der Waals surface area contributed by atoms with Crippen LogP contribution in [0.25, 0.3) is 0 Å². The minimum Gasteiger partial charge on any atom is -0.481 e. The molecule has 0 unspecified atom stereocenters. The molecule has 10 atom stereocenters. The maximum atomic E-state index is 14.3. The second-order valence-corrected chi connectivity index (χ2v) is 18.0. The molecule has 0 aliphatic heterocycles. The Morgan fingerprint density at radius 2 is 1.48 bits per heavy atom. The molecule has 5 saturated carbocycles. The summed E-state index contributed by atoms with van der Waals surface area (Å²) in [5.41, 5.74) is 1.57. The van der Waals surface area contributed by atoms with Crippen molar-refractivity contribution in [2.45, 2.75) is 157 Å². The molecule has 0 heterocycles. The molecule has 0 aromatic heterocycles. The fourth-order valence-corrected chi connectivity index (χ4v) is 13.2. The standard InChI is InChI=1S/C40H65NO5/c1-26(2)28-17-22-40(35(45)41-25-13-11-9-10-12-14-33(43)44)24-23-38(7)29(34(28)40)15-16-31-37(6)20-19-32(46-27(3)42)36(4,5)30(37)18-21-39(31,38)8/h28-32,34H,1,9-25H2,2-8H3,(H,41,45)(H,43,44)/t28-,29+,30-,31+,32-,34+,37-,38+,39+,40-/m0/s1. The third kappa shape index (κ3) is 5.67. The third-order valence-corrected chi connectivity index (χ3v) is 15.6. The fraction of sp³-hybridized carbons (Fsp3) is 0.875. The van der Waals surface area contributed by atoms with E-state index in [0.717, 1.165) is 77.2 Å². The molecular weight excluding hydrogens is 574 g/mol. The van der Waals surface area contributed by atoms with Crippen LogP contribution in [0.15, 0.2) is 12.2 Å². The van der Waals surface area contributed by atoms with Gasteiger partial charge >= 0.3 is 11.9 Å². The SMILES string of the molecule is C=C(C)[C@@H]1CC[C@]2(C(=O)NCCCCCCCC(=O)O)CC[C@]3(C)[C@H](CC[C@@H]4[C@@]5(C)CC[C@H](OC(C)=O)C(C)(C)[C@@H]5CC[C@]43C)[C@@H]12. The van der Waals surface area contributed by atoms with Crippen molar-refractivity contribution < 1.29 is 24.2 Å². The summed E-state index contributed by atoms with van der Waals surface area (Å²) in [6.07, 6.45) is 16.0. The minimum atomic E-state index is -0.717. The van der Waals surface area contributed by atoms with Gasteiger partial charge in [0.2, 0.25) is 5.91 Å². The van der Waals surface area contributed by atoms with Gasteiger partial charge < -0.3 is 15.2 Å². The zero-order valence-corrected chi connectivity index (χ0v) is 30.3. The number of carbonyl (C=O) groups is 3. The van der Waals surface area contributed by atoms with E-state index in [2.05, 4.69) is 53.4 Å². The second kappa shape index (κ2) is 12.9. The van der Waals surface area contributed by atoms with Gasteiger partial charge in [0.1, 0.15) is 6.10 Å². The summed E-state index contributed by atoms with van der Waals surface area (Å²) < 4.78 is 5.94. The van der Waals surface area contributed by atoms with E-state index in [0.29, 0.717) is 35.5 Å². The number of aliphatic carboxylic acids is 1. The number of fused-ring (bicyclic) bond motifs is 7. The van der Waals surface area contributed by atoms with Gasteiger partial charge in [0.25, 0.3) is 0 Å². The molecule has 1 amide bonds. The van der Waals surface area contributed by atoms with E-state index in [9.17, 15) is 14.4 Å². The Kier molecular flexibility index (Phi) is 9.93. The Morgan fingerprint density at radius 3 is 2.15 bits per heavy atom. The largest absolute Gasteiger partial charge is 0.481 e. The van der Waals surface area contributed by atoms with Gasteiger partial charge in [-0.1, -0.05) is 66.0 Å². The molecule has 5 rings (SSSR count). The van der Waals surface area contributed by atoms with Crippen molar-refractivity contribution in [2.75, 3.05) is 6.54 Å². The van der Waals surface area contributed by atoms with E-state index in [1.54, 1.807) is 6.92 Å². The number of hydrogen-bond acceptors (Lipinski definition) is 4. The Morgan fingerprint density at radius 1 is 0.783 bits per heavy atom. The first kappa shape index (κ1) is 35.5. The topological polar surface area (TPSA) is 92.7 Å². The lowest BCUT2D eigenvalue weighted by Gasteiger charge is -2.72. The van der Waals surface area contributed by atoms with Crippen molar-refractivity contribution in [3.63, 3.8) is 0 Å². The van der Waals surface area contributed by atoms with Crippen LogP contribution in [0.1, 0.15) is 151 Å². The number of unbranched alkanes of at least 4 members (excludes halogenated alkanes) is 4. The minimum absolute atomic E-state index is 0.0000793. The first-order chi connectivity index (χ1) is 21.5. The van der Waals surface area contributed by atoms with Gasteiger partial charge in [-0.15, -0.1) is 0 Å². The third-order valence-electron chi connectivity index (χ3n) is 15.6. The van der Waals surface area contributed by atoms with Gasteiger partial charge in [-0.2, -0.15) is 0 Å². The van der Waals surface area contributed by atoms with Crippen molar-refractivity contribution in [3.05, 3.63) is 12.2 Å². The Bertz CT molecular complexity index is 1190. The van der Waals surface area contributed by atoms with Crippen molar-refractivity contribution in [1.82, 2.24) is 5.32 Å². The summed E-state index contributed by atoms with van der Waals surface area (Å²) in [4.78, 5) is 37.1. The monoisotopic (exact) mass is 639 g/mol. The van der Waals surface area contributed by atoms with Crippen LogP contribution in [0.3, 0.4) is 0 Å². The highest BCUT2D eigenvalue weighted by Crippen LogP contribution is 2.77. The van der Waals surface area contributed by atoms with Crippen LogP contribution in [0.2, 0.25) is 0 Å². The van der Waals surface area contributed by atoms with Gasteiger partial charge in [-0.25, -0.2) is 0 Å². The highest BCUT2D eigenvalue weighted by atomic mass is 16.5. The molecule has 260 valence electrons. The first-order valence-electron chi connectivity index (χ1n) is 18.9. The summed E-state index contributed by atoms with van der Waals surface area (Å²) in [6.45, 7) is 21.6. The lowest BCUT2D eigenvalue weighted by Crippen LogP contribution is -2.67. The van der Waals surface area contributed by atoms with E-state index >= 15 is 0 Å². The van der Waals surface area contributed by atoms with Crippen LogP contribution < -0.4 is 5.32 Å². The van der Waals surface area contributed by atoms with Crippen molar-refractivity contribution in [2.24, 2.45) is 56.7 Å². The van der Waals surface area contributed by atoms with E-state index in [1.807, 2.05) is 0 Å². The van der Waals surface area contributed by atoms with Gasteiger partial charge in [-0.3, -0.25) is 14.4 Å². The molecule has 0 aromatic carbocycles. The summed E-state index contributed by atoms with van der Waals surface area (Å²) in [5.74, 6) is 1.90. The Hall–Kier alpha value is -1.85. The summed E-state index contributed by atoms with van der Waals surface area (Å²) in [5, 5.41) is 12.3. The van der Waals surface area contributed by atoms with Crippen LogP contribution in [0, 0.1) is 56.7 Å². The molecule has 0 saturated heterocycles. The van der Waals surface area contributed by atoms with E-state index in [1.165, 1.54) is 31.3 Å². The Balaban J connectivity index is 1.34. The maximum Gasteiger partial charge on any atom is 0.303 e. The average Bonchev–Trinajstić information content (AvgIpc) is 3.37. The number of carboxylic acid groups (broad SMARTS) is 1. The maximum absolute atomic E-state index is 14.3. The zero-order valence-electron chi connectivity index (χ0n) is 30.3. The lowest BCUT2D eigenvalue weighted by molar-refractivity contribution is -0.248. The van der Waals surface area contributed by atoms with Crippen LogP contribution in [0.5, 0.6) is 0 Å². The van der Waals surface area contributed by atoms with E-state index in [4.69, 9.17) is 9.84 Å². The smallest absolute Gasteiger partial charge is 0.303 e. The average molecular weight is 640 g/mol. The van der Waals surface area contributed by atoms with E-state index < -0.39 is 5.97 Å². The predicted molar refractivity (Wildman–Crippen MR) is 183 cm³/mol. The molecule has 0 aromatic rings. The number of carbonyl (C=O) groups excluding carboxylic acids is 2. The highest BCUT2D eigenvalue weighted by molar-refractivity contribution is 5.84. The van der Waals surface area contributed by atoms with E-state index in [-0.39, 0.29) is 45.6 Å². The number of allylic oxidation sites excluding steroid dienone is 1. The molecular formula is C40H65NO5. The molecule has 5 aliphatic rings. The summed E-state index contributed by atoms with van der Waals surface area (Å²) >= 11 is 0. The number of carboxylic acids is 1. The molecule has 0 spiro atoms. The van der Waals surface area contributed by atoms with Crippen LogP contribution in [-0.2, 0) is 19.1 Å². The van der Waals surface area contributed by atoms with Crippen LogP contribution in [-0.4, -0.2) is 35.6 Å². The Labute approximate surface area is 279 Å². The number of amides is 1. The number of esters is 1. The molecule has 46 heavy (non-hydrogen) atoms. The van der Waals surface area contributed by atoms with Crippen molar-refractivity contribution in [3.8, 4) is 0 Å². The number of rotatable bonds is 11. The highest BCUT2D eigenvalue weighted by Gasteiger charge is 2.72. The number of nitrogens with one attached hydrogen (secondary N) is 1. The van der Waals surface area contributed by atoms with Crippen molar-refractivity contribution >= 4 is 17.8 Å². The lowest BCUT2D eigenvalue weighted by atomic mass is 9.32.